The summed E-state index contributed by atoms with van der Waals surface area (Å²) in [5, 5.41) is 0. The second-order valence-electron chi connectivity index (χ2n) is 6.28. The second kappa shape index (κ2) is 9.76. The van der Waals surface area contributed by atoms with Crippen molar-refractivity contribution in [2.45, 2.75) is 40.5 Å². The van der Waals surface area contributed by atoms with Crippen molar-refractivity contribution < 1.29 is 19.1 Å². The summed E-state index contributed by atoms with van der Waals surface area (Å²) in [6, 6.07) is 12.6. The smallest absolute Gasteiger partial charge is 0.415 e. The van der Waals surface area contributed by atoms with Crippen LogP contribution in [0.1, 0.15) is 48.7 Å². The fourth-order valence-corrected chi connectivity index (χ4v) is 2.72. The van der Waals surface area contributed by atoms with E-state index in [1.807, 2.05) is 39.0 Å². The van der Waals surface area contributed by atoms with E-state index in [2.05, 4.69) is 6.92 Å². The molecule has 0 fully saturated rings. The minimum absolute atomic E-state index is 0.239. The molecule has 2 aromatic rings. The van der Waals surface area contributed by atoms with E-state index in [-0.39, 0.29) is 11.5 Å². The number of esters is 1. The zero-order chi connectivity index (χ0) is 19.8. The molecule has 144 valence electrons. The first-order chi connectivity index (χ1) is 13.0. The first kappa shape index (κ1) is 20.5. The summed E-state index contributed by atoms with van der Waals surface area (Å²) >= 11 is 0. The van der Waals surface area contributed by atoms with Crippen LogP contribution in [0.5, 0.6) is 11.5 Å². The van der Waals surface area contributed by atoms with Gasteiger partial charge in [0.25, 0.3) is 0 Å². The molecule has 1 amide bonds. The van der Waals surface area contributed by atoms with Gasteiger partial charge in [-0.25, -0.2) is 9.59 Å². The number of aryl methyl sites for hydroxylation is 2. The Morgan fingerprint density at radius 1 is 0.926 bits per heavy atom. The Bertz CT molecular complexity index is 779. The molecule has 0 unspecified atom stereocenters. The third-order valence-electron chi connectivity index (χ3n) is 4.32. The van der Waals surface area contributed by atoms with Gasteiger partial charge in [0.05, 0.1) is 5.56 Å². The van der Waals surface area contributed by atoms with Crippen LogP contribution in [0.4, 0.5) is 4.79 Å². The molecule has 0 heterocycles. The molecule has 0 saturated carbocycles. The topological polar surface area (TPSA) is 55.8 Å². The number of benzene rings is 2. The number of rotatable bonds is 7. The summed E-state index contributed by atoms with van der Waals surface area (Å²) < 4.78 is 11.0. The highest BCUT2D eigenvalue weighted by Gasteiger charge is 2.19. The molecule has 0 radical (unpaired) electrons. The number of para-hydroxylation sites is 1. The lowest BCUT2D eigenvalue weighted by molar-refractivity contribution is 0.0726. The quantitative estimate of drug-likeness (QED) is 0.509. The molecule has 5 heteroatoms. The average Bonchev–Trinajstić information content (AvgIpc) is 2.66. The van der Waals surface area contributed by atoms with Crippen LogP contribution in [-0.4, -0.2) is 30.1 Å². The lowest BCUT2D eigenvalue weighted by Crippen LogP contribution is -2.33. The summed E-state index contributed by atoms with van der Waals surface area (Å²) in [6.07, 6.45) is 1.55. The van der Waals surface area contributed by atoms with E-state index in [0.29, 0.717) is 18.7 Å². The largest absolute Gasteiger partial charge is 0.419 e. The molecule has 2 rings (SSSR count). The molecular formula is C22H27NO4. The monoisotopic (exact) mass is 369 g/mol. The molecule has 0 aliphatic carbocycles. The molecular weight excluding hydrogens is 342 g/mol. The summed E-state index contributed by atoms with van der Waals surface area (Å²) in [5.74, 6) is 0.0241. The van der Waals surface area contributed by atoms with Gasteiger partial charge in [-0.2, -0.15) is 0 Å². The van der Waals surface area contributed by atoms with Gasteiger partial charge in [-0.3, -0.25) is 0 Å². The van der Waals surface area contributed by atoms with Gasteiger partial charge in [0.2, 0.25) is 0 Å². The van der Waals surface area contributed by atoms with Crippen molar-refractivity contribution in [2.24, 2.45) is 0 Å². The summed E-state index contributed by atoms with van der Waals surface area (Å²) in [6.45, 7) is 8.76. The maximum atomic E-state index is 12.5. The van der Waals surface area contributed by atoms with Crippen molar-refractivity contribution in [1.82, 2.24) is 4.90 Å². The molecule has 0 aliphatic rings. The Labute approximate surface area is 160 Å². The predicted molar refractivity (Wildman–Crippen MR) is 106 cm³/mol. The summed E-state index contributed by atoms with van der Waals surface area (Å²) in [5.41, 5.74) is 2.36. The van der Waals surface area contributed by atoms with E-state index in [9.17, 15) is 9.59 Å². The maximum Gasteiger partial charge on any atom is 0.415 e. The molecule has 0 spiro atoms. The number of carbonyl (C=O) groups excluding carboxylic acids is 2. The lowest BCUT2D eigenvalue weighted by Gasteiger charge is -2.19. The van der Waals surface area contributed by atoms with Gasteiger partial charge in [-0.1, -0.05) is 37.6 Å². The van der Waals surface area contributed by atoms with Crippen molar-refractivity contribution >= 4 is 12.1 Å². The first-order valence-electron chi connectivity index (χ1n) is 9.37. The normalized spacial score (nSPS) is 10.4. The predicted octanol–water partition coefficient (Wildman–Crippen LogP) is 5.01. The van der Waals surface area contributed by atoms with Gasteiger partial charge < -0.3 is 14.4 Å². The van der Waals surface area contributed by atoms with Gasteiger partial charge in [0.1, 0.15) is 0 Å². The van der Waals surface area contributed by atoms with Crippen LogP contribution in [0.25, 0.3) is 0 Å². The van der Waals surface area contributed by atoms with Crippen LogP contribution >= 0.6 is 0 Å². The van der Waals surface area contributed by atoms with E-state index >= 15 is 0 Å². The Balaban J connectivity index is 2.20. The fourth-order valence-electron chi connectivity index (χ4n) is 2.72. The lowest BCUT2D eigenvalue weighted by atomic mass is 10.1. The number of ether oxygens (including phenoxy) is 2. The molecule has 0 atom stereocenters. The van der Waals surface area contributed by atoms with Gasteiger partial charge in [0.15, 0.2) is 11.5 Å². The van der Waals surface area contributed by atoms with E-state index in [4.69, 9.17) is 9.47 Å². The third kappa shape index (κ3) is 5.33. The summed E-state index contributed by atoms with van der Waals surface area (Å²) in [7, 11) is 0. The van der Waals surface area contributed by atoms with Crippen molar-refractivity contribution in [3.8, 4) is 11.5 Å². The van der Waals surface area contributed by atoms with Crippen LogP contribution in [0.2, 0.25) is 0 Å². The van der Waals surface area contributed by atoms with Crippen LogP contribution < -0.4 is 9.47 Å². The van der Waals surface area contributed by atoms with E-state index in [1.165, 1.54) is 5.56 Å². The SMILES string of the molecule is CCCc1ccc(C(=O)Oc2c(C)cccc2OC(=O)N(CC)CC)cc1. The highest BCUT2D eigenvalue weighted by atomic mass is 16.6. The Morgan fingerprint density at radius 2 is 1.59 bits per heavy atom. The van der Waals surface area contributed by atoms with Gasteiger partial charge in [-0.15, -0.1) is 0 Å². The van der Waals surface area contributed by atoms with Crippen LogP contribution in [0, 0.1) is 6.92 Å². The van der Waals surface area contributed by atoms with Crippen LogP contribution in [-0.2, 0) is 6.42 Å². The Hall–Kier alpha value is -2.82. The van der Waals surface area contributed by atoms with Crippen molar-refractivity contribution in [3.05, 3.63) is 59.2 Å². The van der Waals surface area contributed by atoms with Gasteiger partial charge in [-0.05, 0) is 56.5 Å². The van der Waals surface area contributed by atoms with Gasteiger partial charge in [0, 0.05) is 13.1 Å². The Morgan fingerprint density at radius 3 is 2.19 bits per heavy atom. The van der Waals surface area contributed by atoms with Gasteiger partial charge >= 0.3 is 12.1 Å². The summed E-state index contributed by atoms with van der Waals surface area (Å²) in [4.78, 5) is 26.4. The molecule has 0 aromatic heterocycles. The number of amides is 1. The zero-order valence-corrected chi connectivity index (χ0v) is 16.5. The minimum atomic E-state index is -0.479. The molecule has 2 aromatic carbocycles. The molecule has 0 aliphatic heterocycles. The average molecular weight is 369 g/mol. The van der Waals surface area contributed by atoms with E-state index in [1.54, 1.807) is 29.2 Å². The van der Waals surface area contributed by atoms with E-state index < -0.39 is 12.1 Å². The highest BCUT2D eigenvalue weighted by molar-refractivity contribution is 5.91. The number of nitrogens with zero attached hydrogens (tertiary/aromatic N) is 1. The number of hydrogen-bond acceptors (Lipinski definition) is 4. The maximum absolute atomic E-state index is 12.5. The first-order valence-corrected chi connectivity index (χ1v) is 9.37. The van der Waals surface area contributed by atoms with Crippen LogP contribution in [0.3, 0.4) is 0 Å². The third-order valence-corrected chi connectivity index (χ3v) is 4.32. The molecule has 5 nitrogen and oxygen atoms in total. The zero-order valence-electron chi connectivity index (χ0n) is 16.5. The van der Waals surface area contributed by atoms with Crippen molar-refractivity contribution in [1.29, 1.82) is 0 Å². The fraction of sp³-hybridized carbons (Fsp3) is 0.364. The number of hydrogen-bond donors (Lipinski definition) is 0. The van der Waals surface area contributed by atoms with E-state index in [0.717, 1.165) is 18.4 Å². The molecule has 0 N–H and O–H groups in total. The van der Waals surface area contributed by atoms with Crippen molar-refractivity contribution in [3.63, 3.8) is 0 Å². The Kier molecular flexibility index (Phi) is 7.41. The second-order valence-corrected chi connectivity index (χ2v) is 6.28. The van der Waals surface area contributed by atoms with Crippen LogP contribution in [0.15, 0.2) is 42.5 Å². The van der Waals surface area contributed by atoms with Crippen molar-refractivity contribution in [2.75, 3.05) is 13.1 Å². The number of carbonyl (C=O) groups is 2. The molecule has 0 bridgehead atoms. The molecule has 27 heavy (non-hydrogen) atoms. The highest BCUT2D eigenvalue weighted by Crippen LogP contribution is 2.32. The molecule has 0 saturated heterocycles. The standard InChI is InChI=1S/C22H27NO4/c1-5-9-17-12-14-18(15-13-17)21(24)27-20-16(4)10-8-11-19(20)26-22(25)23(6-2)7-3/h8,10-15H,5-7,9H2,1-4H3. The minimum Gasteiger partial charge on any atom is -0.419 e.